The van der Waals surface area contributed by atoms with Crippen LogP contribution in [0.1, 0.15) is 25.0 Å². The summed E-state index contributed by atoms with van der Waals surface area (Å²) in [5.74, 6) is 0.713. The van der Waals surface area contributed by atoms with Crippen molar-refractivity contribution >= 4 is 10.8 Å². The van der Waals surface area contributed by atoms with E-state index in [2.05, 4.69) is 184 Å². The Labute approximate surface area is 322 Å². The van der Waals surface area contributed by atoms with Crippen molar-refractivity contribution < 1.29 is 0 Å². The largest absolute Gasteiger partial charge is 0.228 e. The van der Waals surface area contributed by atoms with E-state index in [1.54, 1.807) is 0 Å². The minimum Gasteiger partial charge on any atom is -0.228 e. The van der Waals surface area contributed by atoms with Crippen LogP contribution >= 0.6 is 0 Å². The monoisotopic (exact) mass is 702 g/mol. The average Bonchev–Trinajstić information content (AvgIpc) is 3.49. The molecular formula is C53H38N2. The van der Waals surface area contributed by atoms with Gasteiger partial charge >= 0.3 is 0 Å². The van der Waals surface area contributed by atoms with Gasteiger partial charge in [-0.15, -0.1) is 0 Å². The standard InChI is InChI=1S/C53H38N2/c1-53(2)47-27-15-14-25-46(47)51-42(26-16-28-48(51)53)40-32-38(35-17-6-3-7-18-35)31-39(33-40)41-29-30-45(44-24-13-12-23-43(41)44)50-34-49(36-19-8-4-9-20-36)54-52(55-50)37-21-10-5-11-22-37/h3-34H,1-2H3. The van der Waals surface area contributed by atoms with Gasteiger partial charge in [-0.3, -0.25) is 0 Å². The van der Waals surface area contributed by atoms with E-state index in [1.165, 1.54) is 61.0 Å². The van der Waals surface area contributed by atoms with E-state index < -0.39 is 0 Å². The Bertz CT molecular complexity index is 2820. The van der Waals surface area contributed by atoms with Crippen LogP contribution in [0.3, 0.4) is 0 Å². The van der Waals surface area contributed by atoms with Gasteiger partial charge in [-0.2, -0.15) is 0 Å². The van der Waals surface area contributed by atoms with Crippen LogP contribution in [0.2, 0.25) is 0 Å². The molecule has 0 radical (unpaired) electrons. The molecule has 10 rings (SSSR count). The molecular weight excluding hydrogens is 665 g/mol. The molecule has 1 aliphatic carbocycles. The molecule has 2 nitrogen and oxygen atoms in total. The van der Waals surface area contributed by atoms with E-state index in [-0.39, 0.29) is 5.41 Å². The summed E-state index contributed by atoms with van der Waals surface area (Å²) in [5.41, 5.74) is 17.5. The highest BCUT2D eigenvalue weighted by atomic mass is 14.9. The second-order valence-electron chi connectivity index (χ2n) is 15.0. The predicted octanol–water partition coefficient (Wildman–Crippen LogP) is 13.9. The quantitative estimate of drug-likeness (QED) is 0.172. The highest BCUT2D eigenvalue weighted by Gasteiger charge is 2.36. The minimum atomic E-state index is -0.0738. The maximum atomic E-state index is 5.21. The van der Waals surface area contributed by atoms with E-state index in [1.807, 2.05) is 24.3 Å². The van der Waals surface area contributed by atoms with Gasteiger partial charge in [-0.1, -0.05) is 184 Å². The molecule has 1 aliphatic rings. The lowest BCUT2D eigenvalue weighted by Gasteiger charge is -2.21. The van der Waals surface area contributed by atoms with Gasteiger partial charge in [0.25, 0.3) is 0 Å². The van der Waals surface area contributed by atoms with Crippen LogP contribution in [-0.2, 0) is 5.41 Å². The number of nitrogens with zero attached hydrogens (tertiary/aromatic N) is 2. The van der Waals surface area contributed by atoms with Crippen molar-refractivity contribution in [2.45, 2.75) is 19.3 Å². The van der Waals surface area contributed by atoms with Gasteiger partial charge in [0.05, 0.1) is 11.4 Å². The Hall–Kier alpha value is -6.90. The number of hydrogen-bond acceptors (Lipinski definition) is 2. The highest BCUT2D eigenvalue weighted by Crippen LogP contribution is 2.52. The summed E-state index contributed by atoms with van der Waals surface area (Å²) in [5, 5.41) is 2.33. The summed E-state index contributed by atoms with van der Waals surface area (Å²) in [6, 6.07) is 69.7. The van der Waals surface area contributed by atoms with Gasteiger partial charge in [0.15, 0.2) is 5.82 Å². The van der Waals surface area contributed by atoms with Gasteiger partial charge < -0.3 is 0 Å². The fraction of sp³-hybridized carbons (Fsp3) is 0.0566. The minimum absolute atomic E-state index is 0.0738. The number of aromatic nitrogens is 2. The molecule has 1 heterocycles. The van der Waals surface area contributed by atoms with E-state index in [0.717, 1.165) is 33.5 Å². The molecule has 55 heavy (non-hydrogen) atoms. The zero-order valence-electron chi connectivity index (χ0n) is 30.9. The summed E-state index contributed by atoms with van der Waals surface area (Å²) >= 11 is 0. The molecule has 0 amide bonds. The zero-order chi connectivity index (χ0) is 36.9. The molecule has 0 spiro atoms. The molecule has 0 aliphatic heterocycles. The molecule has 0 atom stereocenters. The van der Waals surface area contributed by atoms with Crippen LogP contribution in [-0.4, -0.2) is 9.97 Å². The zero-order valence-corrected chi connectivity index (χ0v) is 30.9. The summed E-state index contributed by atoms with van der Waals surface area (Å²) < 4.78 is 0. The fourth-order valence-electron chi connectivity index (χ4n) is 8.56. The summed E-state index contributed by atoms with van der Waals surface area (Å²) in [6.07, 6.45) is 0. The Morgan fingerprint density at radius 3 is 1.56 bits per heavy atom. The van der Waals surface area contributed by atoms with Crippen LogP contribution in [0.15, 0.2) is 194 Å². The Morgan fingerprint density at radius 2 is 0.836 bits per heavy atom. The summed E-state index contributed by atoms with van der Waals surface area (Å²) in [4.78, 5) is 10.3. The first-order chi connectivity index (χ1) is 27.0. The molecule has 0 unspecified atom stereocenters. The summed E-state index contributed by atoms with van der Waals surface area (Å²) in [7, 11) is 0. The van der Waals surface area contributed by atoms with Crippen molar-refractivity contribution in [2.24, 2.45) is 0 Å². The average molecular weight is 703 g/mol. The third-order valence-corrected chi connectivity index (χ3v) is 11.3. The van der Waals surface area contributed by atoms with E-state index in [9.17, 15) is 0 Å². The smallest absolute Gasteiger partial charge is 0.160 e. The second kappa shape index (κ2) is 13.2. The first kappa shape index (κ1) is 32.7. The van der Waals surface area contributed by atoms with Crippen molar-refractivity contribution in [3.63, 3.8) is 0 Å². The third-order valence-electron chi connectivity index (χ3n) is 11.3. The maximum Gasteiger partial charge on any atom is 0.160 e. The van der Waals surface area contributed by atoms with Crippen LogP contribution in [0.4, 0.5) is 0 Å². The molecule has 8 aromatic carbocycles. The molecule has 1 aromatic heterocycles. The van der Waals surface area contributed by atoms with Crippen molar-refractivity contribution in [3.8, 4) is 78.4 Å². The van der Waals surface area contributed by atoms with Crippen LogP contribution < -0.4 is 0 Å². The highest BCUT2D eigenvalue weighted by molar-refractivity contribution is 6.06. The van der Waals surface area contributed by atoms with Crippen molar-refractivity contribution in [3.05, 3.63) is 205 Å². The van der Waals surface area contributed by atoms with E-state index in [4.69, 9.17) is 9.97 Å². The molecule has 9 aromatic rings. The molecule has 0 saturated carbocycles. The lowest BCUT2D eigenvalue weighted by molar-refractivity contribution is 0.660. The number of hydrogen-bond donors (Lipinski definition) is 0. The molecule has 0 bridgehead atoms. The van der Waals surface area contributed by atoms with E-state index in [0.29, 0.717) is 5.82 Å². The number of benzene rings is 8. The first-order valence-electron chi connectivity index (χ1n) is 19.0. The third kappa shape index (κ3) is 5.66. The molecule has 0 saturated heterocycles. The van der Waals surface area contributed by atoms with E-state index >= 15 is 0 Å². The van der Waals surface area contributed by atoms with Crippen molar-refractivity contribution in [1.29, 1.82) is 0 Å². The lowest BCUT2D eigenvalue weighted by Crippen LogP contribution is -2.14. The molecule has 2 heteroatoms. The van der Waals surface area contributed by atoms with Crippen molar-refractivity contribution in [1.82, 2.24) is 9.97 Å². The molecule has 0 fully saturated rings. The normalized spacial score (nSPS) is 12.7. The molecule has 260 valence electrons. The van der Waals surface area contributed by atoms with Gasteiger partial charge in [0.1, 0.15) is 0 Å². The van der Waals surface area contributed by atoms with Crippen molar-refractivity contribution in [2.75, 3.05) is 0 Å². The van der Waals surface area contributed by atoms with Gasteiger partial charge in [0.2, 0.25) is 0 Å². The van der Waals surface area contributed by atoms with Crippen LogP contribution in [0.25, 0.3) is 89.2 Å². The number of fused-ring (bicyclic) bond motifs is 4. The second-order valence-corrected chi connectivity index (χ2v) is 15.0. The number of rotatable bonds is 6. The maximum absolute atomic E-state index is 5.21. The SMILES string of the molecule is CC1(C)c2ccccc2-c2c(-c3cc(-c4ccccc4)cc(-c4ccc(-c5cc(-c6ccccc6)nc(-c6ccccc6)n5)c5ccccc45)c3)cccc21. The first-order valence-corrected chi connectivity index (χ1v) is 19.0. The lowest BCUT2D eigenvalue weighted by atomic mass is 9.81. The van der Waals surface area contributed by atoms with Crippen LogP contribution in [0.5, 0.6) is 0 Å². The Morgan fingerprint density at radius 1 is 0.327 bits per heavy atom. The van der Waals surface area contributed by atoms with Gasteiger partial charge in [0, 0.05) is 22.1 Å². The topological polar surface area (TPSA) is 25.8 Å². The Kier molecular flexibility index (Phi) is 7.85. The van der Waals surface area contributed by atoms with Gasteiger partial charge in [-0.25, -0.2) is 9.97 Å². The fourth-order valence-corrected chi connectivity index (χ4v) is 8.56. The molecule has 0 N–H and O–H groups in total. The van der Waals surface area contributed by atoms with Crippen LogP contribution in [0, 0.1) is 0 Å². The Balaban J connectivity index is 1.18. The predicted molar refractivity (Wildman–Crippen MR) is 230 cm³/mol. The summed E-state index contributed by atoms with van der Waals surface area (Å²) in [6.45, 7) is 4.70. The van der Waals surface area contributed by atoms with Gasteiger partial charge in [-0.05, 0) is 90.7 Å².